The van der Waals surface area contributed by atoms with E-state index in [9.17, 15) is 5.11 Å². The van der Waals surface area contributed by atoms with Gasteiger partial charge in [0.1, 0.15) is 0 Å². The predicted octanol–water partition coefficient (Wildman–Crippen LogP) is 2.27. The van der Waals surface area contributed by atoms with E-state index >= 15 is 0 Å². The van der Waals surface area contributed by atoms with Crippen LogP contribution in [0.4, 0.5) is 0 Å². The first-order valence-corrected chi connectivity index (χ1v) is 5.92. The largest absolute Gasteiger partial charge is 0.396 e. The van der Waals surface area contributed by atoms with Gasteiger partial charge >= 0.3 is 0 Å². The van der Waals surface area contributed by atoms with Gasteiger partial charge in [0.25, 0.3) is 0 Å². The van der Waals surface area contributed by atoms with Gasteiger partial charge in [0.2, 0.25) is 0 Å². The van der Waals surface area contributed by atoms with E-state index in [2.05, 4.69) is 25.8 Å². The third-order valence-electron chi connectivity index (χ3n) is 3.81. The second-order valence-corrected chi connectivity index (χ2v) is 5.18. The van der Waals surface area contributed by atoms with E-state index in [1.165, 1.54) is 25.7 Å². The number of nitrogens with zero attached hydrogens (tertiary/aromatic N) is 1. The van der Waals surface area contributed by atoms with Gasteiger partial charge in [-0.15, -0.1) is 0 Å². The standard InChI is InChI=1S/C12H25NO/c1-4-12(2,10-14)9-13(3)11-7-5-6-8-11/h11,14H,4-10H2,1-3H3. The Morgan fingerprint density at radius 2 is 1.93 bits per heavy atom. The van der Waals surface area contributed by atoms with Crippen LogP contribution in [0.15, 0.2) is 0 Å². The molecule has 1 saturated carbocycles. The summed E-state index contributed by atoms with van der Waals surface area (Å²) >= 11 is 0. The minimum Gasteiger partial charge on any atom is -0.396 e. The highest BCUT2D eigenvalue weighted by Crippen LogP contribution is 2.27. The molecule has 0 heterocycles. The van der Waals surface area contributed by atoms with Crippen LogP contribution in [0.3, 0.4) is 0 Å². The maximum Gasteiger partial charge on any atom is 0.0496 e. The Morgan fingerprint density at radius 3 is 2.36 bits per heavy atom. The average Bonchev–Trinajstić information content (AvgIpc) is 2.70. The van der Waals surface area contributed by atoms with Crippen LogP contribution in [0.1, 0.15) is 46.0 Å². The molecule has 84 valence electrons. The lowest BCUT2D eigenvalue weighted by Gasteiger charge is -2.34. The molecule has 1 aliphatic carbocycles. The molecular weight excluding hydrogens is 174 g/mol. The first kappa shape index (κ1) is 12.0. The van der Waals surface area contributed by atoms with E-state index in [0.29, 0.717) is 6.61 Å². The van der Waals surface area contributed by atoms with Crippen LogP contribution in [-0.4, -0.2) is 36.2 Å². The molecule has 1 unspecified atom stereocenters. The smallest absolute Gasteiger partial charge is 0.0496 e. The highest BCUT2D eigenvalue weighted by molar-refractivity contribution is 4.81. The first-order valence-electron chi connectivity index (χ1n) is 5.92. The van der Waals surface area contributed by atoms with Gasteiger partial charge in [0.15, 0.2) is 0 Å². The summed E-state index contributed by atoms with van der Waals surface area (Å²) in [5, 5.41) is 9.35. The summed E-state index contributed by atoms with van der Waals surface area (Å²) in [5.74, 6) is 0. The molecule has 0 aromatic heterocycles. The van der Waals surface area contributed by atoms with Crippen LogP contribution in [0, 0.1) is 5.41 Å². The third kappa shape index (κ3) is 2.96. The lowest BCUT2D eigenvalue weighted by atomic mass is 9.87. The van der Waals surface area contributed by atoms with Gasteiger partial charge in [-0.2, -0.15) is 0 Å². The molecule has 14 heavy (non-hydrogen) atoms. The molecule has 0 aromatic rings. The zero-order chi connectivity index (χ0) is 10.6. The summed E-state index contributed by atoms with van der Waals surface area (Å²) in [6.45, 7) is 5.68. The van der Waals surface area contributed by atoms with Crippen molar-refractivity contribution in [1.82, 2.24) is 4.90 Å². The SMILES string of the molecule is CCC(C)(CO)CN(C)C1CCCC1. The Balaban J connectivity index is 2.41. The maximum atomic E-state index is 9.35. The van der Waals surface area contributed by atoms with Crippen LogP contribution >= 0.6 is 0 Å². The summed E-state index contributed by atoms with van der Waals surface area (Å²) in [4.78, 5) is 2.45. The molecule has 0 saturated heterocycles. The normalized spacial score (nSPS) is 22.9. The lowest BCUT2D eigenvalue weighted by molar-refractivity contribution is 0.0785. The van der Waals surface area contributed by atoms with Crippen LogP contribution in [-0.2, 0) is 0 Å². The minimum absolute atomic E-state index is 0.0946. The van der Waals surface area contributed by atoms with Crippen LogP contribution in [0.25, 0.3) is 0 Å². The Hall–Kier alpha value is -0.0800. The molecule has 0 aliphatic heterocycles. The third-order valence-corrected chi connectivity index (χ3v) is 3.81. The topological polar surface area (TPSA) is 23.5 Å². The van der Waals surface area contributed by atoms with Crippen molar-refractivity contribution >= 4 is 0 Å². The number of aliphatic hydroxyl groups is 1. The van der Waals surface area contributed by atoms with Crippen LogP contribution < -0.4 is 0 Å². The second-order valence-electron chi connectivity index (χ2n) is 5.18. The van der Waals surface area contributed by atoms with Crippen molar-refractivity contribution < 1.29 is 5.11 Å². The zero-order valence-corrected chi connectivity index (χ0v) is 9.92. The Morgan fingerprint density at radius 1 is 1.36 bits per heavy atom. The number of aliphatic hydroxyl groups excluding tert-OH is 1. The fraction of sp³-hybridized carbons (Fsp3) is 1.00. The molecule has 1 fully saturated rings. The molecule has 0 amide bonds. The molecule has 0 aromatic carbocycles. The summed E-state index contributed by atoms with van der Waals surface area (Å²) in [5.41, 5.74) is 0.0946. The fourth-order valence-electron chi connectivity index (χ4n) is 2.35. The van der Waals surface area contributed by atoms with Gasteiger partial charge < -0.3 is 10.0 Å². The van der Waals surface area contributed by atoms with Gasteiger partial charge in [0, 0.05) is 24.6 Å². The Labute approximate surface area is 88.3 Å². The molecule has 2 nitrogen and oxygen atoms in total. The number of rotatable bonds is 5. The fourth-order valence-corrected chi connectivity index (χ4v) is 2.35. The summed E-state index contributed by atoms with van der Waals surface area (Å²) in [7, 11) is 2.21. The van der Waals surface area contributed by atoms with Crippen LogP contribution in [0.5, 0.6) is 0 Å². The van der Waals surface area contributed by atoms with Gasteiger partial charge in [0.05, 0.1) is 0 Å². The van der Waals surface area contributed by atoms with E-state index in [1.54, 1.807) is 0 Å². The number of hydrogen-bond donors (Lipinski definition) is 1. The van der Waals surface area contributed by atoms with Crippen molar-refractivity contribution in [1.29, 1.82) is 0 Å². The quantitative estimate of drug-likeness (QED) is 0.734. The molecule has 0 spiro atoms. The highest BCUT2D eigenvalue weighted by Gasteiger charge is 2.27. The molecule has 2 heteroatoms. The van der Waals surface area contributed by atoms with E-state index in [1.807, 2.05) is 0 Å². The van der Waals surface area contributed by atoms with E-state index in [4.69, 9.17) is 0 Å². The Bertz CT molecular complexity index is 160. The maximum absolute atomic E-state index is 9.35. The summed E-state index contributed by atoms with van der Waals surface area (Å²) in [6, 6.07) is 0.771. The Kier molecular flexibility index (Phi) is 4.39. The van der Waals surface area contributed by atoms with Crippen molar-refractivity contribution in [3.8, 4) is 0 Å². The van der Waals surface area contributed by atoms with Crippen molar-refractivity contribution in [3.05, 3.63) is 0 Å². The molecule has 1 N–H and O–H groups in total. The van der Waals surface area contributed by atoms with Crippen molar-refractivity contribution in [3.63, 3.8) is 0 Å². The van der Waals surface area contributed by atoms with Crippen LogP contribution in [0.2, 0.25) is 0 Å². The average molecular weight is 199 g/mol. The summed E-state index contributed by atoms with van der Waals surface area (Å²) < 4.78 is 0. The molecule has 1 aliphatic rings. The van der Waals surface area contributed by atoms with Crippen molar-refractivity contribution in [2.45, 2.75) is 52.0 Å². The van der Waals surface area contributed by atoms with Gasteiger partial charge in [-0.1, -0.05) is 26.7 Å². The predicted molar refractivity (Wildman–Crippen MR) is 60.4 cm³/mol. The lowest BCUT2D eigenvalue weighted by Crippen LogP contribution is -2.40. The van der Waals surface area contributed by atoms with E-state index in [0.717, 1.165) is 19.0 Å². The molecule has 1 atom stereocenters. The van der Waals surface area contributed by atoms with E-state index < -0.39 is 0 Å². The molecular formula is C12H25NO. The first-order chi connectivity index (χ1) is 6.61. The zero-order valence-electron chi connectivity index (χ0n) is 9.92. The van der Waals surface area contributed by atoms with Crippen molar-refractivity contribution in [2.24, 2.45) is 5.41 Å². The van der Waals surface area contributed by atoms with Crippen molar-refractivity contribution in [2.75, 3.05) is 20.2 Å². The second kappa shape index (κ2) is 5.13. The van der Waals surface area contributed by atoms with Gasteiger partial charge in [-0.3, -0.25) is 0 Å². The van der Waals surface area contributed by atoms with Gasteiger partial charge in [-0.25, -0.2) is 0 Å². The molecule has 0 radical (unpaired) electrons. The minimum atomic E-state index is 0.0946. The number of hydrogen-bond acceptors (Lipinski definition) is 2. The highest BCUT2D eigenvalue weighted by atomic mass is 16.3. The van der Waals surface area contributed by atoms with Gasteiger partial charge in [-0.05, 0) is 26.3 Å². The monoisotopic (exact) mass is 199 g/mol. The molecule has 0 bridgehead atoms. The molecule has 1 rings (SSSR count). The van der Waals surface area contributed by atoms with E-state index in [-0.39, 0.29) is 5.41 Å². The summed E-state index contributed by atoms with van der Waals surface area (Å²) in [6.07, 6.45) is 6.53.